The molecule has 0 spiro atoms. The molecule has 0 aliphatic heterocycles. The van der Waals surface area contributed by atoms with Gasteiger partial charge in [0.2, 0.25) is 0 Å². The standard InChI is InChI=1S/C25H46O2/c1-3-5-6-7-8-9-10-11-12-13-14-15-16-17-18-19-20-21-22-23-24-27-25(26)4-2/h4,12-13H,2-3,5-11,14-24H2,1H3/b13-12+. The molecule has 0 heterocycles. The molecule has 27 heavy (non-hydrogen) atoms. The number of carbonyl (C=O) groups is 1. The number of unbranched alkanes of at least 4 members (excludes halogenated alkanes) is 16. The van der Waals surface area contributed by atoms with E-state index >= 15 is 0 Å². The van der Waals surface area contributed by atoms with Gasteiger partial charge >= 0.3 is 5.97 Å². The van der Waals surface area contributed by atoms with Crippen molar-refractivity contribution in [2.75, 3.05) is 6.61 Å². The van der Waals surface area contributed by atoms with E-state index in [0.717, 1.165) is 12.8 Å². The summed E-state index contributed by atoms with van der Waals surface area (Å²) in [4.78, 5) is 10.9. The summed E-state index contributed by atoms with van der Waals surface area (Å²) in [6.45, 7) is 6.21. The molecule has 0 unspecified atom stereocenters. The summed E-state index contributed by atoms with van der Waals surface area (Å²) < 4.78 is 4.97. The molecule has 0 rings (SSSR count). The summed E-state index contributed by atoms with van der Waals surface area (Å²) in [7, 11) is 0. The molecule has 0 aromatic carbocycles. The van der Waals surface area contributed by atoms with Crippen LogP contribution in [0.5, 0.6) is 0 Å². The van der Waals surface area contributed by atoms with Gasteiger partial charge in [0.05, 0.1) is 6.61 Å². The number of hydrogen-bond acceptors (Lipinski definition) is 2. The van der Waals surface area contributed by atoms with Gasteiger partial charge in [0.1, 0.15) is 0 Å². The lowest BCUT2D eigenvalue weighted by atomic mass is 10.1. The van der Waals surface area contributed by atoms with Crippen LogP contribution in [-0.4, -0.2) is 12.6 Å². The van der Waals surface area contributed by atoms with Gasteiger partial charge in [-0.25, -0.2) is 4.79 Å². The van der Waals surface area contributed by atoms with Gasteiger partial charge in [-0.2, -0.15) is 0 Å². The maximum atomic E-state index is 10.9. The van der Waals surface area contributed by atoms with E-state index in [1.807, 2.05) is 0 Å². The second kappa shape index (κ2) is 23.0. The van der Waals surface area contributed by atoms with Crippen LogP contribution in [0.2, 0.25) is 0 Å². The molecular weight excluding hydrogens is 332 g/mol. The minimum Gasteiger partial charge on any atom is -0.463 e. The minimum absolute atomic E-state index is 0.303. The first-order valence-corrected chi connectivity index (χ1v) is 11.8. The van der Waals surface area contributed by atoms with Gasteiger partial charge in [-0.05, 0) is 32.1 Å². The van der Waals surface area contributed by atoms with Crippen LogP contribution >= 0.6 is 0 Å². The predicted octanol–water partition coefficient (Wildman–Crippen LogP) is 8.31. The average Bonchev–Trinajstić information content (AvgIpc) is 2.68. The van der Waals surface area contributed by atoms with E-state index in [4.69, 9.17) is 4.74 Å². The molecular formula is C25H46O2. The Kier molecular flexibility index (Phi) is 22.1. The SMILES string of the molecule is C=CC(=O)OCCCCCCCCCCC/C=C/CCCCCCCCC. The zero-order valence-electron chi connectivity index (χ0n) is 18.2. The Morgan fingerprint density at radius 3 is 1.52 bits per heavy atom. The molecule has 0 aromatic heterocycles. The molecule has 0 aliphatic carbocycles. The topological polar surface area (TPSA) is 26.3 Å². The van der Waals surface area contributed by atoms with E-state index in [2.05, 4.69) is 25.7 Å². The normalized spacial score (nSPS) is 11.1. The Balaban J connectivity index is 3.10. The lowest BCUT2D eigenvalue weighted by molar-refractivity contribution is -0.137. The number of allylic oxidation sites excluding steroid dienone is 2. The highest BCUT2D eigenvalue weighted by molar-refractivity contribution is 5.81. The smallest absolute Gasteiger partial charge is 0.330 e. The fraction of sp³-hybridized carbons (Fsp3) is 0.800. The highest BCUT2D eigenvalue weighted by Crippen LogP contribution is 2.12. The molecule has 0 fully saturated rings. The lowest BCUT2D eigenvalue weighted by Gasteiger charge is -2.03. The minimum atomic E-state index is -0.303. The summed E-state index contributed by atoms with van der Waals surface area (Å²) in [5, 5.41) is 0. The first-order valence-electron chi connectivity index (χ1n) is 11.8. The van der Waals surface area contributed by atoms with Crippen molar-refractivity contribution in [1.82, 2.24) is 0 Å². The fourth-order valence-corrected chi connectivity index (χ4v) is 3.29. The molecule has 0 atom stereocenters. The van der Waals surface area contributed by atoms with Gasteiger partial charge in [-0.1, -0.05) is 109 Å². The van der Waals surface area contributed by atoms with E-state index in [-0.39, 0.29) is 5.97 Å². The highest BCUT2D eigenvalue weighted by atomic mass is 16.5. The Morgan fingerprint density at radius 2 is 1.07 bits per heavy atom. The third-order valence-electron chi connectivity index (χ3n) is 5.07. The third kappa shape index (κ3) is 22.9. The van der Waals surface area contributed by atoms with Crippen LogP contribution < -0.4 is 0 Å². The lowest BCUT2D eigenvalue weighted by Crippen LogP contribution is -2.01. The largest absolute Gasteiger partial charge is 0.463 e. The van der Waals surface area contributed by atoms with E-state index in [1.165, 1.54) is 109 Å². The molecule has 0 amide bonds. The molecule has 158 valence electrons. The van der Waals surface area contributed by atoms with Gasteiger partial charge in [0.15, 0.2) is 0 Å². The Bertz CT molecular complexity index is 346. The van der Waals surface area contributed by atoms with Crippen molar-refractivity contribution in [2.45, 2.75) is 122 Å². The summed E-state index contributed by atoms with van der Waals surface area (Å²) >= 11 is 0. The summed E-state index contributed by atoms with van der Waals surface area (Å²) in [5.74, 6) is -0.303. The van der Waals surface area contributed by atoms with Gasteiger partial charge in [0.25, 0.3) is 0 Å². The molecule has 0 saturated heterocycles. The number of esters is 1. The molecule has 0 saturated carbocycles. The first kappa shape index (κ1) is 26.0. The number of rotatable bonds is 21. The maximum Gasteiger partial charge on any atom is 0.330 e. The maximum absolute atomic E-state index is 10.9. The Hall–Kier alpha value is -1.05. The van der Waals surface area contributed by atoms with Crippen molar-refractivity contribution < 1.29 is 9.53 Å². The quantitative estimate of drug-likeness (QED) is 0.0868. The summed E-state index contributed by atoms with van der Waals surface area (Å²) in [6.07, 6.45) is 29.9. The van der Waals surface area contributed by atoms with Gasteiger partial charge in [-0.3, -0.25) is 0 Å². The number of ether oxygens (including phenoxy) is 1. The Morgan fingerprint density at radius 1 is 0.667 bits per heavy atom. The predicted molar refractivity (Wildman–Crippen MR) is 119 cm³/mol. The second-order valence-corrected chi connectivity index (χ2v) is 7.72. The van der Waals surface area contributed by atoms with Crippen molar-refractivity contribution in [3.8, 4) is 0 Å². The van der Waals surface area contributed by atoms with Crippen molar-refractivity contribution in [1.29, 1.82) is 0 Å². The molecule has 0 aromatic rings. The van der Waals surface area contributed by atoms with Crippen molar-refractivity contribution in [3.63, 3.8) is 0 Å². The van der Waals surface area contributed by atoms with Gasteiger partial charge < -0.3 is 4.74 Å². The van der Waals surface area contributed by atoms with Crippen molar-refractivity contribution in [2.24, 2.45) is 0 Å². The van der Waals surface area contributed by atoms with Crippen molar-refractivity contribution in [3.05, 3.63) is 24.8 Å². The molecule has 0 N–H and O–H groups in total. The van der Waals surface area contributed by atoms with Crippen molar-refractivity contribution >= 4 is 5.97 Å². The average molecular weight is 379 g/mol. The fourth-order valence-electron chi connectivity index (χ4n) is 3.29. The van der Waals surface area contributed by atoms with Crippen LogP contribution in [-0.2, 0) is 9.53 Å². The van der Waals surface area contributed by atoms with Crippen LogP contribution in [0, 0.1) is 0 Å². The molecule has 0 radical (unpaired) electrons. The third-order valence-corrected chi connectivity index (χ3v) is 5.07. The monoisotopic (exact) mass is 378 g/mol. The van der Waals surface area contributed by atoms with E-state index in [1.54, 1.807) is 0 Å². The summed E-state index contributed by atoms with van der Waals surface area (Å²) in [6, 6.07) is 0. The molecule has 2 heteroatoms. The highest BCUT2D eigenvalue weighted by Gasteiger charge is 1.96. The first-order chi connectivity index (χ1) is 13.3. The van der Waals surface area contributed by atoms with Gasteiger partial charge in [-0.15, -0.1) is 0 Å². The van der Waals surface area contributed by atoms with Crippen LogP contribution in [0.15, 0.2) is 24.8 Å². The summed E-state index contributed by atoms with van der Waals surface area (Å²) in [5.41, 5.74) is 0. The van der Waals surface area contributed by atoms with Crippen LogP contribution in [0.1, 0.15) is 122 Å². The molecule has 0 bridgehead atoms. The second-order valence-electron chi connectivity index (χ2n) is 7.72. The van der Waals surface area contributed by atoms with E-state index < -0.39 is 0 Å². The zero-order chi connectivity index (χ0) is 19.8. The van der Waals surface area contributed by atoms with E-state index in [9.17, 15) is 4.79 Å². The zero-order valence-corrected chi connectivity index (χ0v) is 18.2. The van der Waals surface area contributed by atoms with Gasteiger partial charge in [0, 0.05) is 6.08 Å². The molecule has 2 nitrogen and oxygen atoms in total. The Labute approximate surface area is 169 Å². The van der Waals surface area contributed by atoms with Crippen LogP contribution in [0.3, 0.4) is 0 Å². The molecule has 0 aliphatic rings. The van der Waals surface area contributed by atoms with E-state index in [0.29, 0.717) is 6.61 Å². The van der Waals surface area contributed by atoms with Crippen LogP contribution in [0.25, 0.3) is 0 Å². The number of hydrogen-bond donors (Lipinski definition) is 0. The number of carbonyl (C=O) groups excluding carboxylic acids is 1. The van der Waals surface area contributed by atoms with Crippen LogP contribution in [0.4, 0.5) is 0 Å².